The summed E-state index contributed by atoms with van der Waals surface area (Å²) in [5, 5.41) is 7.58. The van der Waals surface area contributed by atoms with Gasteiger partial charge in [0.15, 0.2) is 0 Å². The quantitative estimate of drug-likeness (QED) is 0.818. The van der Waals surface area contributed by atoms with Crippen LogP contribution in [0.4, 0.5) is 5.69 Å². The summed E-state index contributed by atoms with van der Waals surface area (Å²) in [6.45, 7) is 2.14. The molecule has 0 radical (unpaired) electrons. The van der Waals surface area contributed by atoms with E-state index in [0.717, 1.165) is 37.2 Å². The van der Waals surface area contributed by atoms with E-state index in [2.05, 4.69) is 15.3 Å². The van der Waals surface area contributed by atoms with Gasteiger partial charge in [-0.1, -0.05) is 43.2 Å². The highest BCUT2D eigenvalue weighted by Crippen LogP contribution is 2.27. The third kappa shape index (κ3) is 5.25. The molecule has 1 saturated heterocycles. The molecule has 0 spiro atoms. The second kappa shape index (κ2) is 9.25. The van der Waals surface area contributed by atoms with Crippen LogP contribution in [0.25, 0.3) is 0 Å². The van der Waals surface area contributed by atoms with Gasteiger partial charge in [-0.2, -0.15) is 5.10 Å². The van der Waals surface area contributed by atoms with Crippen molar-refractivity contribution in [2.45, 2.75) is 57.5 Å². The lowest BCUT2D eigenvalue weighted by molar-refractivity contribution is -0.122. The van der Waals surface area contributed by atoms with Crippen molar-refractivity contribution in [1.82, 2.24) is 15.1 Å². The Morgan fingerprint density at radius 3 is 2.48 bits per heavy atom. The van der Waals surface area contributed by atoms with Gasteiger partial charge in [0, 0.05) is 31.6 Å². The zero-order valence-electron chi connectivity index (χ0n) is 16.9. The summed E-state index contributed by atoms with van der Waals surface area (Å²) in [4.78, 5) is 26.9. The number of hydrogen-bond acceptors (Lipinski definition) is 4. The van der Waals surface area contributed by atoms with E-state index in [-0.39, 0.29) is 17.5 Å². The largest absolute Gasteiger partial charge is 0.370 e. The predicted octanol–water partition coefficient (Wildman–Crippen LogP) is 2.96. The van der Waals surface area contributed by atoms with Gasteiger partial charge in [0.05, 0.1) is 18.4 Å². The molecule has 0 bridgehead atoms. The van der Waals surface area contributed by atoms with Gasteiger partial charge in [-0.05, 0) is 37.2 Å². The normalized spacial score (nSPS) is 18.1. The Labute approximate surface area is 171 Å². The zero-order chi connectivity index (χ0) is 20.1. The molecule has 1 aliphatic heterocycles. The van der Waals surface area contributed by atoms with Crippen LogP contribution in [-0.2, 0) is 11.3 Å². The maximum atomic E-state index is 12.5. The maximum Gasteiger partial charge on any atom is 0.269 e. The lowest BCUT2D eigenvalue weighted by atomic mass is 10.0. The fourth-order valence-electron chi connectivity index (χ4n) is 4.52. The molecular weight excluding hydrogens is 364 g/mol. The van der Waals surface area contributed by atoms with Gasteiger partial charge in [0.2, 0.25) is 5.91 Å². The smallest absolute Gasteiger partial charge is 0.269 e. The van der Waals surface area contributed by atoms with Gasteiger partial charge in [-0.25, -0.2) is 4.68 Å². The Morgan fingerprint density at radius 1 is 1.07 bits per heavy atom. The maximum absolute atomic E-state index is 12.5. The Morgan fingerprint density at radius 2 is 1.79 bits per heavy atom. The number of rotatable bonds is 6. The molecule has 2 aromatic rings. The molecule has 154 valence electrons. The first-order valence-corrected chi connectivity index (χ1v) is 10.8. The number of amides is 1. The van der Waals surface area contributed by atoms with E-state index in [4.69, 9.17) is 0 Å². The van der Waals surface area contributed by atoms with Gasteiger partial charge in [-0.15, -0.1) is 0 Å². The molecule has 1 aliphatic carbocycles. The molecule has 2 heterocycles. The van der Waals surface area contributed by atoms with Crippen molar-refractivity contribution in [2.75, 3.05) is 18.0 Å². The highest BCUT2D eigenvalue weighted by molar-refractivity contribution is 5.76. The van der Waals surface area contributed by atoms with Crippen LogP contribution in [0.5, 0.6) is 0 Å². The molecule has 2 aliphatic rings. The predicted molar refractivity (Wildman–Crippen MR) is 114 cm³/mol. The number of carbonyl (C=O) groups is 1. The molecule has 1 aromatic heterocycles. The second-order valence-electron chi connectivity index (χ2n) is 8.38. The fraction of sp³-hybridized carbons (Fsp3) is 0.522. The molecule has 1 amide bonds. The van der Waals surface area contributed by atoms with Crippen molar-refractivity contribution in [3.63, 3.8) is 0 Å². The first-order chi connectivity index (χ1) is 14.2. The van der Waals surface area contributed by atoms with E-state index < -0.39 is 0 Å². The van der Waals surface area contributed by atoms with E-state index in [1.165, 1.54) is 30.4 Å². The van der Waals surface area contributed by atoms with E-state index >= 15 is 0 Å². The summed E-state index contributed by atoms with van der Waals surface area (Å²) in [6, 6.07) is 11.8. The van der Waals surface area contributed by atoms with Gasteiger partial charge in [0.1, 0.15) is 0 Å². The summed E-state index contributed by atoms with van der Waals surface area (Å²) < 4.78 is 1.49. The molecule has 6 heteroatoms. The minimum absolute atomic E-state index is 0.0849. The lowest BCUT2D eigenvalue weighted by Gasteiger charge is -2.33. The monoisotopic (exact) mass is 394 g/mol. The number of aromatic nitrogens is 2. The number of nitrogens with zero attached hydrogens (tertiary/aromatic N) is 3. The highest BCUT2D eigenvalue weighted by atomic mass is 16.1. The average Bonchev–Trinajstić information content (AvgIpc) is 3.24. The lowest BCUT2D eigenvalue weighted by Crippen LogP contribution is -2.45. The summed E-state index contributed by atoms with van der Waals surface area (Å²) in [5.74, 6) is 0.795. The molecule has 4 rings (SSSR count). The third-order valence-corrected chi connectivity index (χ3v) is 6.20. The minimum Gasteiger partial charge on any atom is -0.370 e. The highest BCUT2D eigenvalue weighted by Gasteiger charge is 2.24. The van der Waals surface area contributed by atoms with Crippen LogP contribution in [0.1, 0.15) is 50.5 Å². The summed E-state index contributed by atoms with van der Waals surface area (Å²) >= 11 is 0. The van der Waals surface area contributed by atoms with Gasteiger partial charge >= 0.3 is 0 Å². The second-order valence-corrected chi connectivity index (χ2v) is 8.38. The van der Waals surface area contributed by atoms with Crippen molar-refractivity contribution in [1.29, 1.82) is 0 Å². The van der Waals surface area contributed by atoms with Crippen LogP contribution in [0.2, 0.25) is 0 Å². The summed E-state index contributed by atoms with van der Waals surface area (Å²) in [6.07, 6.45) is 9.23. The van der Waals surface area contributed by atoms with E-state index in [1.54, 1.807) is 12.3 Å². The van der Waals surface area contributed by atoms with E-state index in [0.29, 0.717) is 18.9 Å². The van der Waals surface area contributed by atoms with Crippen molar-refractivity contribution >= 4 is 11.6 Å². The van der Waals surface area contributed by atoms with Crippen molar-refractivity contribution in [3.05, 3.63) is 58.5 Å². The fourth-order valence-corrected chi connectivity index (χ4v) is 4.52. The first kappa shape index (κ1) is 19.7. The number of benzene rings is 1. The van der Waals surface area contributed by atoms with E-state index in [9.17, 15) is 9.59 Å². The van der Waals surface area contributed by atoms with Crippen molar-refractivity contribution in [2.24, 2.45) is 5.92 Å². The molecule has 2 fully saturated rings. The molecule has 1 aromatic carbocycles. The molecule has 1 N–H and O–H groups in total. The van der Waals surface area contributed by atoms with Crippen molar-refractivity contribution < 1.29 is 4.79 Å². The van der Waals surface area contributed by atoms with Crippen LogP contribution >= 0.6 is 0 Å². The van der Waals surface area contributed by atoms with Gasteiger partial charge in [0.25, 0.3) is 5.56 Å². The van der Waals surface area contributed by atoms with E-state index in [1.807, 2.05) is 30.3 Å². The Kier molecular flexibility index (Phi) is 6.27. The van der Waals surface area contributed by atoms with Crippen LogP contribution in [0.15, 0.2) is 47.4 Å². The number of nitrogens with one attached hydrogen (secondary N) is 1. The Balaban J connectivity index is 1.28. The van der Waals surface area contributed by atoms with Crippen LogP contribution < -0.4 is 15.8 Å². The standard InChI is InChI=1S/C23H30N4O2/c28-22(14-18-6-4-5-7-18)25-20-10-12-26(13-11-20)21-15-23(29)27(24-16-21)17-19-8-2-1-3-9-19/h1-3,8-9,15-16,18,20H,4-7,10-14,17H2,(H,25,28). The Bertz CT molecular complexity index is 866. The molecular formula is C23H30N4O2. The first-order valence-electron chi connectivity index (χ1n) is 10.8. The molecule has 1 saturated carbocycles. The topological polar surface area (TPSA) is 67.2 Å². The van der Waals surface area contributed by atoms with Crippen LogP contribution in [0.3, 0.4) is 0 Å². The number of piperidine rings is 1. The van der Waals surface area contributed by atoms with Gasteiger partial charge in [-0.3, -0.25) is 9.59 Å². The molecule has 6 nitrogen and oxygen atoms in total. The summed E-state index contributed by atoms with van der Waals surface area (Å²) in [7, 11) is 0. The van der Waals surface area contributed by atoms with Crippen LogP contribution in [-0.4, -0.2) is 34.8 Å². The van der Waals surface area contributed by atoms with Gasteiger partial charge < -0.3 is 10.2 Å². The number of carbonyl (C=O) groups excluding carboxylic acids is 1. The number of anilines is 1. The minimum atomic E-state index is -0.0849. The number of hydrogen-bond donors (Lipinski definition) is 1. The molecule has 0 unspecified atom stereocenters. The van der Waals surface area contributed by atoms with Crippen molar-refractivity contribution in [3.8, 4) is 0 Å². The third-order valence-electron chi connectivity index (χ3n) is 6.20. The average molecular weight is 395 g/mol. The SMILES string of the molecule is O=C(CC1CCCC1)NC1CCN(c2cnn(Cc3ccccc3)c(=O)c2)CC1. The summed E-state index contributed by atoms with van der Waals surface area (Å²) in [5.41, 5.74) is 1.84. The zero-order valence-corrected chi connectivity index (χ0v) is 16.9. The molecule has 0 atom stereocenters. The Hall–Kier alpha value is -2.63. The molecule has 29 heavy (non-hydrogen) atoms. The van der Waals surface area contributed by atoms with Crippen LogP contribution in [0, 0.1) is 5.92 Å².